The molecule has 0 bridgehead atoms. The maximum absolute atomic E-state index is 13.9. The Labute approximate surface area is 119 Å². The van der Waals surface area contributed by atoms with E-state index in [4.69, 9.17) is 5.73 Å². The Balaban J connectivity index is 2.45. The van der Waals surface area contributed by atoms with Crippen molar-refractivity contribution >= 4 is 10.0 Å². The lowest BCUT2D eigenvalue weighted by Crippen LogP contribution is -2.36. The van der Waals surface area contributed by atoms with E-state index in [9.17, 15) is 12.8 Å². The van der Waals surface area contributed by atoms with Gasteiger partial charge in [0, 0.05) is 25.2 Å². The molecule has 1 aromatic carbocycles. The number of benzene rings is 1. The molecule has 1 saturated carbocycles. The van der Waals surface area contributed by atoms with Crippen LogP contribution >= 0.6 is 0 Å². The fraction of sp³-hybridized carbons (Fsp3) is 0.571. The molecule has 2 rings (SSSR count). The summed E-state index contributed by atoms with van der Waals surface area (Å²) in [6, 6.07) is 2.70. The quantitative estimate of drug-likeness (QED) is 0.905. The van der Waals surface area contributed by atoms with Crippen molar-refractivity contribution in [2.75, 3.05) is 7.05 Å². The van der Waals surface area contributed by atoms with Crippen LogP contribution in [0.15, 0.2) is 17.0 Å². The fourth-order valence-electron chi connectivity index (χ4n) is 2.34. The van der Waals surface area contributed by atoms with Crippen molar-refractivity contribution in [1.29, 1.82) is 0 Å². The summed E-state index contributed by atoms with van der Waals surface area (Å²) in [5, 5.41) is 0. The third-order valence-electron chi connectivity index (χ3n) is 4.13. The second-order valence-corrected chi connectivity index (χ2v) is 7.47. The molecule has 0 saturated heterocycles. The first kappa shape index (κ1) is 15.4. The standard InChI is InChI=1S/C14H21FN2O2S/c1-9-13(15)6-11(8-16)7-14(9)20(18,19)17(3)10(2)12-4-5-12/h6-7,10,12H,4-5,8,16H2,1-3H3. The molecule has 0 spiro atoms. The first-order valence-electron chi connectivity index (χ1n) is 6.76. The van der Waals surface area contributed by atoms with E-state index in [-0.39, 0.29) is 23.0 Å². The van der Waals surface area contributed by atoms with Gasteiger partial charge in [0.05, 0.1) is 4.90 Å². The van der Waals surface area contributed by atoms with Gasteiger partial charge in [-0.05, 0) is 50.3 Å². The van der Waals surface area contributed by atoms with Crippen molar-refractivity contribution in [1.82, 2.24) is 4.31 Å². The average Bonchev–Trinajstić information content (AvgIpc) is 3.24. The van der Waals surface area contributed by atoms with E-state index in [1.54, 1.807) is 7.05 Å². The van der Waals surface area contributed by atoms with Crippen molar-refractivity contribution in [3.8, 4) is 0 Å². The molecule has 1 aromatic rings. The highest BCUT2D eigenvalue weighted by atomic mass is 32.2. The predicted molar refractivity (Wildman–Crippen MR) is 76.2 cm³/mol. The van der Waals surface area contributed by atoms with E-state index >= 15 is 0 Å². The van der Waals surface area contributed by atoms with Gasteiger partial charge in [-0.2, -0.15) is 4.31 Å². The molecule has 0 aromatic heterocycles. The Morgan fingerprint density at radius 2 is 2.05 bits per heavy atom. The van der Waals surface area contributed by atoms with Gasteiger partial charge < -0.3 is 5.73 Å². The number of nitrogens with zero attached hydrogens (tertiary/aromatic N) is 1. The highest BCUT2D eigenvalue weighted by molar-refractivity contribution is 7.89. The van der Waals surface area contributed by atoms with Crippen LogP contribution in [0.4, 0.5) is 4.39 Å². The lowest BCUT2D eigenvalue weighted by atomic mass is 10.1. The molecule has 20 heavy (non-hydrogen) atoms. The third kappa shape index (κ3) is 2.73. The summed E-state index contributed by atoms with van der Waals surface area (Å²) < 4.78 is 40.5. The van der Waals surface area contributed by atoms with Crippen LogP contribution in [-0.4, -0.2) is 25.8 Å². The Morgan fingerprint density at radius 3 is 2.55 bits per heavy atom. The molecular weight excluding hydrogens is 279 g/mol. The Morgan fingerprint density at radius 1 is 1.45 bits per heavy atom. The van der Waals surface area contributed by atoms with E-state index < -0.39 is 15.8 Å². The van der Waals surface area contributed by atoms with Gasteiger partial charge in [-0.3, -0.25) is 0 Å². The normalized spacial score (nSPS) is 17.5. The number of halogens is 1. The van der Waals surface area contributed by atoms with Crippen LogP contribution < -0.4 is 5.73 Å². The van der Waals surface area contributed by atoms with Gasteiger partial charge in [-0.1, -0.05) is 0 Å². The molecule has 1 unspecified atom stereocenters. The maximum Gasteiger partial charge on any atom is 0.243 e. The third-order valence-corrected chi connectivity index (χ3v) is 6.20. The van der Waals surface area contributed by atoms with E-state index in [0.29, 0.717) is 11.5 Å². The monoisotopic (exact) mass is 300 g/mol. The minimum atomic E-state index is -3.69. The van der Waals surface area contributed by atoms with E-state index in [0.717, 1.165) is 12.8 Å². The Kier molecular flexibility index (Phi) is 4.18. The van der Waals surface area contributed by atoms with Crippen molar-refractivity contribution in [3.05, 3.63) is 29.1 Å². The molecule has 2 N–H and O–H groups in total. The first-order chi connectivity index (χ1) is 9.28. The van der Waals surface area contributed by atoms with Crippen LogP contribution in [0, 0.1) is 18.7 Å². The van der Waals surface area contributed by atoms with Gasteiger partial charge in [-0.15, -0.1) is 0 Å². The summed E-state index contributed by atoms with van der Waals surface area (Å²) in [6.45, 7) is 3.49. The lowest BCUT2D eigenvalue weighted by Gasteiger charge is -2.25. The fourth-order valence-corrected chi connectivity index (χ4v) is 4.05. The van der Waals surface area contributed by atoms with Crippen LogP contribution in [0.1, 0.15) is 30.9 Å². The van der Waals surface area contributed by atoms with E-state index in [1.807, 2.05) is 6.92 Å². The molecule has 0 heterocycles. The van der Waals surface area contributed by atoms with Crippen LogP contribution in [0.3, 0.4) is 0 Å². The van der Waals surface area contributed by atoms with Gasteiger partial charge in [0.2, 0.25) is 10.0 Å². The SMILES string of the molecule is Cc1c(F)cc(CN)cc1S(=O)(=O)N(C)C(C)C1CC1. The van der Waals surface area contributed by atoms with Gasteiger partial charge in [0.1, 0.15) is 5.82 Å². The van der Waals surface area contributed by atoms with Crippen LogP contribution in [0.25, 0.3) is 0 Å². The van der Waals surface area contributed by atoms with Gasteiger partial charge in [0.15, 0.2) is 0 Å². The molecule has 0 aliphatic heterocycles. The summed E-state index contributed by atoms with van der Waals surface area (Å²) in [5.41, 5.74) is 6.14. The van der Waals surface area contributed by atoms with E-state index in [1.165, 1.54) is 23.4 Å². The second-order valence-electron chi connectivity index (χ2n) is 5.50. The maximum atomic E-state index is 13.9. The lowest BCUT2D eigenvalue weighted by molar-refractivity contribution is 0.356. The molecule has 0 amide bonds. The molecule has 1 aliphatic rings. The average molecular weight is 300 g/mol. The number of hydrogen-bond donors (Lipinski definition) is 1. The van der Waals surface area contributed by atoms with Crippen molar-refractivity contribution in [2.45, 2.75) is 44.2 Å². The predicted octanol–water partition coefficient (Wildman–Crippen LogP) is 2.01. The summed E-state index contributed by atoms with van der Waals surface area (Å²) in [6.07, 6.45) is 2.11. The molecule has 0 radical (unpaired) electrons. The number of rotatable bonds is 5. The summed E-state index contributed by atoms with van der Waals surface area (Å²) in [4.78, 5) is 0.0213. The molecule has 1 aliphatic carbocycles. The van der Waals surface area contributed by atoms with E-state index in [2.05, 4.69) is 0 Å². The van der Waals surface area contributed by atoms with Crippen molar-refractivity contribution in [2.24, 2.45) is 11.7 Å². The largest absolute Gasteiger partial charge is 0.326 e. The molecule has 1 atom stereocenters. The minimum absolute atomic E-state index is 0.0213. The smallest absolute Gasteiger partial charge is 0.243 e. The minimum Gasteiger partial charge on any atom is -0.326 e. The Bertz CT molecular complexity index is 612. The topological polar surface area (TPSA) is 63.4 Å². The highest BCUT2D eigenvalue weighted by Crippen LogP contribution is 2.37. The van der Waals surface area contributed by atoms with Crippen molar-refractivity contribution < 1.29 is 12.8 Å². The summed E-state index contributed by atoms with van der Waals surface area (Å²) in [7, 11) is -2.13. The number of hydrogen-bond acceptors (Lipinski definition) is 3. The zero-order valence-electron chi connectivity index (χ0n) is 12.1. The molecule has 112 valence electrons. The summed E-state index contributed by atoms with van der Waals surface area (Å²) in [5.74, 6) is -0.114. The van der Waals surface area contributed by atoms with Gasteiger partial charge in [-0.25, -0.2) is 12.8 Å². The Hall–Kier alpha value is -0.980. The molecular formula is C14H21FN2O2S. The van der Waals surface area contributed by atoms with Gasteiger partial charge >= 0.3 is 0 Å². The van der Waals surface area contributed by atoms with Crippen LogP contribution in [0.5, 0.6) is 0 Å². The van der Waals surface area contributed by atoms with Crippen LogP contribution in [-0.2, 0) is 16.6 Å². The van der Waals surface area contributed by atoms with Crippen molar-refractivity contribution in [3.63, 3.8) is 0 Å². The highest BCUT2D eigenvalue weighted by Gasteiger charge is 2.36. The molecule has 4 nitrogen and oxygen atoms in total. The number of nitrogens with two attached hydrogens (primary N) is 1. The number of sulfonamides is 1. The zero-order chi connectivity index (χ0) is 15.1. The zero-order valence-corrected chi connectivity index (χ0v) is 12.9. The molecule has 1 fully saturated rings. The van der Waals surface area contributed by atoms with Crippen LogP contribution in [0.2, 0.25) is 0 Å². The second kappa shape index (κ2) is 5.42. The summed E-state index contributed by atoms with van der Waals surface area (Å²) >= 11 is 0. The molecule has 6 heteroatoms. The van der Waals surface area contributed by atoms with Gasteiger partial charge in [0.25, 0.3) is 0 Å². The first-order valence-corrected chi connectivity index (χ1v) is 8.20.